The van der Waals surface area contributed by atoms with Crippen molar-refractivity contribution in [2.75, 3.05) is 42.9 Å². The highest BCUT2D eigenvalue weighted by molar-refractivity contribution is 5.95. The van der Waals surface area contributed by atoms with Crippen molar-refractivity contribution in [2.45, 2.75) is 77.2 Å². The number of aromatic nitrogens is 2. The van der Waals surface area contributed by atoms with Crippen LogP contribution in [-0.4, -0.2) is 70.8 Å². The fourth-order valence-corrected chi connectivity index (χ4v) is 5.89. The maximum Gasteiger partial charge on any atom is 0.251 e. The minimum Gasteiger partial charge on any atom is -0.486 e. The largest absolute Gasteiger partial charge is 0.486 e. The van der Waals surface area contributed by atoms with Crippen LogP contribution in [0.5, 0.6) is 5.75 Å². The van der Waals surface area contributed by atoms with Crippen LogP contribution in [-0.2, 0) is 19.6 Å². The smallest absolute Gasteiger partial charge is 0.251 e. The zero-order chi connectivity index (χ0) is 28.9. The van der Waals surface area contributed by atoms with Crippen LogP contribution in [0.15, 0.2) is 41.1 Å². The fourth-order valence-electron chi connectivity index (χ4n) is 5.89. The Bertz CT molecular complexity index is 1370. The molecule has 1 aromatic carbocycles. The Morgan fingerprint density at radius 3 is 2.74 bits per heavy atom. The standard InChI is InChI=1S/C32H42N6O4/c1-22-29(42-21-34-22)20-41-28-9-8-24-18-37(13-10-23(24)14-28)19-27(39)17-33-32(40)25-15-30(35-26-6-5-7-26)36-31(16-25)38-11-3-2-4-12-38/h8-9,14-16,21,26-27,39H,2-7,10-13,17-20H2,1H3,(H,33,40)(H,35,36). The van der Waals surface area contributed by atoms with Crippen molar-refractivity contribution in [3.63, 3.8) is 0 Å². The van der Waals surface area contributed by atoms with Gasteiger partial charge in [-0.05, 0) is 87.3 Å². The molecule has 1 unspecified atom stereocenters. The molecular weight excluding hydrogens is 532 g/mol. The minimum atomic E-state index is -0.667. The Morgan fingerprint density at radius 1 is 1.12 bits per heavy atom. The van der Waals surface area contributed by atoms with Gasteiger partial charge in [-0.25, -0.2) is 9.97 Å². The molecule has 4 heterocycles. The average molecular weight is 575 g/mol. The molecule has 224 valence electrons. The van der Waals surface area contributed by atoms with Gasteiger partial charge < -0.3 is 29.8 Å². The summed E-state index contributed by atoms with van der Waals surface area (Å²) in [4.78, 5) is 26.7. The normalized spacial score (nSPS) is 18.2. The third-order valence-corrected chi connectivity index (χ3v) is 8.66. The molecule has 42 heavy (non-hydrogen) atoms. The molecule has 2 fully saturated rings. The summed E-state index contributed by atoms with van der Waals surface area (Å²) in [5.41, 5.74) is 3.92. The van der Waals surface area contributed by atoms with Gasteiger partial charge in [-0.3, -0.25) is 9.69 Å². The number of rotatable bonds is 11. The first-order valence-electron chi connectivity index (χ1n) is 15.4. The Kier molecular flexibility index (Phi) is 8.90. The maximum absolute atomic E-state index is 13.2. The molecule has 3 N–H and O–H groups in total. The van der Waals surface area contributed by atoms with Crippen molar-refractivity contribution in [3.8, 4) is 5.75 Å². The number of hydrogen-bond acceptors (Lipinski definition) is 9. The van der Waals surface area contributed by atoms with Gasteiger partial charge in [0.25, 0.3) is 5.91 Å². The number of aliphatic hydroxyl groups excluding tert-OH is 1. The van der Waals surface area contributed by atoms with Crippen LogP contribution in [0.25, 0.3) is 0 Å². The molecule has 1 saturated carbocycles. The average Bonchev–Trinajstić information content (AvgIpc) is 3.41. The minimum absolute atomic E-state index is 0.177. The lowest BCUT2D eigenvalue weighted by Gasteiger charge is -2.31. The quantitative estimate of drug-likeness (QED) is 0.312. The molecule has 10 nitrogen and oxygen atoms in total. The number of carbonyl (C=O) groups is 1. The predicted octanol–water partition coefficient (Wildman–Crippen LogP) is 4.06. The van der Waals surface area contributed by atoms with Crippen molar-refractivity contribution in [1.82, 2.24) is 20.2 Å². The lowest BCUT2D eigenvalue weighted by molar-refractivity contribution is 0.0841. The van der Waals surface area contributed by atoms with E-state index in [2.05, 4.69) is 37.6 Å². The summed E-state index contributed by atoms with van der Waals surface area (Å²) in [6, 6.07) is 10.3. The van der Waals surface area contributed by atoms with Crippen LogP contribution in [0.3, 0.4) is 0 Å². The predicted molar refractivity (Wildman–Crippen MR) is 161 cm³/mol. The zero-order valence-corrected chi connectivity index (χ0v) is 24.5. The molecule has 0 radical (unpaired) electrons. The highest BCUT2D eigenvalue weighted by Gasteiger charge is 2.23. The van der Waals surface area contributed by atoms with Crippen LogP contribution in [0.2, 0.25) is 0 Å². The number of carbonyl (C=O) groups excluding carboxylic acids is 1. The fraction of sp³-hybridized carbons (Fsp3) is 0.531. The van der Waals surface area contributed by atoms with E-state index >= 15 is 0 Å². The first kappa shape index (κ1) is 28.5. The van der Waals surface area contributed by atoms with Gasteiger partial charge in [-0.2, -0.15) is 0 Å². The van der Waals surface area contributed by atoms with Gasteiger partial charge in [0.15, 0.2) is 12.2 Å². The number of oxazole rings is 1. The second-order valence-electron chi connectivity index (χ2n) is 11.8. The van der Waals surface area contributed by atoms with E-state index in [-0.39, 0.29) is 12.5 Å². The number of β-amino-alcohol motifs (C(OH)–C–C–N with tert-alkyl or cyclic N) is 1. The molecule has 1 atom stereocenters. The van der Waals surface area contributed by atoms with E-state index in [1.807, 2.05) is 25.1 Å². The van der Waals surface area contributed by atoms with Crippen LogP contribution in [0.4, 0.5) is 11.6 Å². The number of ether oxygens (including phenoxy) is 1. The molecule has 1 aliphatic carbocycles. The van der Waals surface area contributed by atoms with Crippen molar-refractivity contribution in [3.05, 3.63) is 64.9 Å². The molecule has 0 bridgehead atoms. The van der Waals surface area contributed by atoms with E-state index in [0.717, 1.165) is 87.1 Å². The molecule has 0 spiro atoms. The number of fused-ring (bicyclic) bond motifs is 1. The lowest BCUT2D eigenvalue weighted by atomic mass is 9.93. The van der Waals surface area contributed by atoms with E-state index < -0.39 is 6.10 Å². The molecule has 2 aromatic heterocycles. The van der Waals surface area contributed by atoms with Gasteiger partial charge in [-0.1, -0.05) is 6.07 Å². The van der Waals surface area contributed by atoms with E-state index in [1.54, 1.807) is 0 Å². The highest BCUT2D eigenvalue weighted by Crippen LogP contribution is 2.27. The molecule has 10 heteroatoms. The Balaban J connectivity index is 1.01. The number of hydrogen-bond donors (Lipinski definition) is 3. The van der Waals surface area contributed by atoms with Gasteiger partial charge in [0.05, 0.1) is 11.8 Å². The van der Waals surface area contributed by atoms with E-state index in [1.165, 1.54) is 30.4 Å². The summed E-state index contributed by atoms with van der Waals surface area (Å²) >= 11 is 0. The summed E-state index contributed by atoms with van der Waals surface area (Å²) in [5, 5.41) is 17.3. The van der Waals surface area contributed by atoms with E-state index in [0.29, 0.717) is 24.8 Å². The number of anilines is 2. The van der Waals surface area contributed by atoms with Gasteiger partial charge in [0.2, 0.25) is 0 Å². The first-order chi connectivity index (χ1) is 20.5. The van der Waals surface area contributed by atoms with Crippen molar-refractivity contribution >= 4 is 17.5 Å². The van der Waals surface area contributed by atoms with Crippen LogP contribution < -0.4 is 20.3 Å². The van der Waals surface area contributed by atoms with Crippen molar-refractivity contribution < 1.29 is 19.1 Å². The van der Waals surface area contributed by atoms with Gasteiger partial charge in [0.1, 0.15) is 24.0 Å². The van der Waals surface area contributed by atoms with E-state index in [4.69, 9.17) is 14.1 Å². The third kappa shape index (κ3) is 7.04. The van der Waals surface area contributed by atoms with Crippen molar-refractivity contribution in [2.24, 2.45) is 0 Å². The number of amides is 1. The maximum atomic E-state index is 13.2. The Morgan fingerprint density at radius 2 is 1.98 bits per heavy atom. The Hall–Kier alpha value is -3.63. The van der Waals surface area contributed by atoms with Gasteiger partial charge in [0, 0.05) is 50.9 Å². The summed E-state index contributed by atoms with van der Waals surface area (Å²) < 4.78 is 11.3. The van der Waals surface area contributed by atoms with Gasteiger partial charge in [-0.15, -0.1) is 0 Å². The third-order valence-electron chi connectivity index (χ3n) is 8.66. The van der Waals surface area contributed by atoms with Crippen LogP contribution in [0, 0.1) is 6.92 Å². The van der Waals surface area contributed by atoms with Crippen molar-refractivity contribution in [1.29, 1.82) is 0 Å². The number of nitrogens with zero attached hydrogens (tertiary/aromatic N) is 4. The number of aryl methyl sites for hydroxylation is 1. The van der Waals surface area contributed by atoms with Crippen LogP contribution >= 0.6 is 0 Å². The molecule has 2 aliphatic heterocycles. The molecule has 3 aliphatic rings. The topological polar surface area (TPSA) is 116 Å². The Labute approximate surface area is 247 Å². The monoisotopic (exact) mass is 574 g/mol. The number of piperidine rings is 1. The van der Waals surface area contributed by atoms with E-state index in [9.17, 15) is 9.90 Å². The second-order valence-corrected chi connectivity index (χ2v) is 11.8. The zero-order valence-electron chi connectivity index (χ0n) is 24.5. The molecule has 1 amide bonds. The first-order valence-corrected chi connectivity index (χ1v) is 15.4. The second kappa shape index (κ2) is 13.1. The molecule has 3 aromatic rings. The summed E-state index contributed by atoms with van der Waals surface area (Å²) in [5.74, 6) is 2.99. The van der Waals surface area contributed by atoms with Gasteiger partial charge >= 0.3 is 0 Å². The molecule has 1 saturated heterocycles. The summed E-state index contributed by atoms with van der Waals surface area (Å²) in [7, 11) is 0. The summed E-state index contributed by atoms with van der Waals surface area (Å²) in [6.07, 6.45) is 8.70. The summed E-state index contributed by atoms with van der Waals surface area (Å²) in [6.45, 7) is 6.47. The SMILES string of the molecule is Cc1ncoc1COc1ccc2c(c1)CCN(CC(O)CNC(=O)c1cc(NC3CCC3)nc(N3CCCCC3)c1)C2. The molecule has 6 rings (SSSR count). The number of aliphatic hydroxyl groups is 1. The molecular formula is C32H42N6O4. The lowest BCUT2D eigenvalue weighted by Crippen LogP contribution is -2.42. The number of pyridine rings is 1. The highest BCUT2D eigenvalue weighted by atomic mass is 16.5. The number of benzene rings is 1. The number of nitrogens with one attached hydrogen (secondary N) is 2. The van der Waals surface area contributed by atoms with Crippen LogP contribution in [0.1, 0.15) is 71.5 Å².